The summed E-state index contributed by atoms with van der Waals surface area (Å²) in [7, 11) is 0. The molecule has 0 aliphatic heterocycles. The summed E-state index contributed by atoms with van der Waals surface area (Å²) in [6.07, 6.45) is 3.06. The second kappa shape index (κ2) is 6.71. The molecule has 5 aromatic rings. The molecule has 0 saturated carbocycles. The van der Waals surface area contributed by atoms with Crippen molar-refractivity contribution in [2.45, 2.75) is 0 Å². The van der Waals surface area contributed by atoms with Gasteiger partial charge in [0.25, 0.3) is 5.91 Å². The molecule has 0 radical (unpaired) electrons. The van der Waals surface area contributed by atoms with Gasteiger partial charge < -0.3 is 10.3 Å². The molecule has 0 spiro atoms. The lowest BCUT2D eigenvalue weighted by Crippen LogP contribution is -2.11. The van der Waals surface area contributed by atoms with Crippen LogP contribution in [0.4, 0.5) is 16.6 Å². The average molecular weight is 387 g/mol. The van der Waals surface area contributed by atoms with Crippen molar-refractivity contribution >= 4 is 55.3 Å². The maximum absolute atomic E-state index is 12.3. The third kappa shape index (κ3) is 3.03. The Morgan fingerprint density at radius 1 is 1.04 bits per heavy atom. The second-order valence-electron chi connectivity index (χ2n) is 5.97. The normalized spacial score (nSPS) is 11.0. The number of aromatic nitrogens is 5. The lowest BCUT2D eigenvalue weighted by atomic mass is 10.2. The molecule has 9 heteroatoms. The first-order valence-electron chi connectivity index (χ1n) is 8.44. The molecule has 0 aliphatic carbocycles. The first-order chi connectivity index (χ1) is 13.8. The van der Waals surface area contributed by atoms with Gasteiger partial charge in [0.2, 0.25) is 0 Å². The smallest absolute Gasteiger partial charge is 0.257 e. The van der Waals surface area contributed by atoms with Crippen LogP contribution in [0.15, 0.2) is 61.2 Å². The van der Waals surface area contributed by atoms with Gasteiger partial charge in [-0.2, -0.15) is 0 Å². The number of fused-ring (bicyclic) bond motifs is 2. The molecular weight excluding hydrogens is 374 g/mol. The summed E-state index contributed by atoms with van der Waals surface area (Å²) < 4.78 is 0.945. The largest absolute Gasteiger partial charge is 0.338 e. The van der Waals surface area contributed by atoms with Crippen LogP contribution in [0.2, 0.25) is 0 Å². The highest BCUT2D eigenvalue weighted by molar-refractivity contribution is 7.22. The lowest BCUT2D eigenvalue weighted by Gasteiger charge is -2.05. The minimum atomic E-state index is -0.181. The number of hydrogen-bond donors (Lipinski definition) is 3. The fourth-order valence-electron chi connectivity index (χ4n) is 2.81. The van der Waals surface area contributed by atoms with E-state index in [1.807, 2.05) is 36.4 Å². The van der Waals surface area contributed by atoms with Gasteiger partial charge in [0.1, 0.15) is 6.33 Å². The van der Waals surface area contributed by atoms with Crippen molar-refractivity contribution in [2.24, 2.45) is 0 Å². The number of H-pyrrole nitrogens is 1. The van der Waals surface area contributed by atoms with Crippen LogP contribution in [-0.4, -0.2) is 30.8 Å². The number of imidazole rings is 1. The molecule has 0 aliphatic rings. The number of hydrogen-bond acceptors (Lipinski definition) is 7. The molecule has 136 valence electrons. The van der Waals surface area contributed by atoms with Crippen molar-refractivity contribution in [1.29, 1.82) is 0 Å². The third-order valence-corrected chi connectivity index (χ3v) is 5.06. The summed E-state index contributed by atoms with van der Waals surface area (Å²) in [5, 5.41) is 6.66. The highest BCUT2D eigenvalue weighted by Gasteiger charge is 2.11. The summed E-state index contributed by atoms with van der Waals surface area (Å²) >= 11 is 1.41. The first kappa shape index (κ1) is 16.3. The van der Waals surface area contributed by atoms with Gasteiger partial charge in [0.15, 0.2) is 22.1 Å². The van der Waals surface area contributed by atoms with Gasteiger partial charge in [-0.15, -0.1) is 0 Å². The molecule has 0 unspecified atom stereocenters. The summed E-state index contributed by atoms with van der Waals surface area (Å²) in [4.78, 5) is 32.4. The number of rotatable bonds is 4. The number of nitrogens with one attached hydrogen (secondary N) is 3. The quantitative estimate of drug-likeness (QED) is 0.431. The highest BCUT2D eigenvalue weighted by atomic mass is 32.1. The van der Waals surface area contributed by atoms with Crippen LogP contribution < -0.4 is 10.6 Å². The average Bonchev–Trinajstić information content (AvgIpc) is 3.35. The Labute approximate surface area is 162 Å². The van der Waals surface area contributed by atoms with Crippen molar-refractivity contribution in [3.63, 3.8) is 0 Å². The Hall–Kier alpha value is -3.85. The van der Waals surface area contributed by atoms with Gasteiger partial charge in [0.05, 0.1) is 16.5 Å². The molecule has 2 aromatic carbocycles. The molecule has 3 heterocycles. The fourth-order valence-corrected chi connectivity index (χ4v) is 3.71. The molecule has 0 fully saturated rings. The molecule has 28 heavy (non-hydrogen) atoms. The summed E-state index contributed by atoms with van der Waals surface area (Å²) in [5.74, 6) is 0.438. The molecule has 0 atom stereocenters. The Balaban J connectivity index is 1.41. The Morgan fingerprint density at radius 2 is 1.93 bits per heavy atom. The van der Waals surface area contributed by atoms with Crippen LogP contribution in [-0.2, 0) is 0 Å². The molecule has 3 N–H and O–H groups in total. The number of carbonyl (C=O) groups excluding carboxylic acids is 1. The number of anilines is 3. The fraction of sp³-hybridized carbons (Fsp3) is 0. The van der Waals surface area contributed by atoms with Crippen molar-refractivity contribution in [3.05, 3.63) is 66.7 Å². The topological polar surface area (TPSA) is 108 Å². The van der Waals surface area contributed by atoms with E-state index in [1.165, 1.54) is 17.7 Å². The number of amides is 1. The lowest BCUT2D eigenvalue weighted by molar-refractivity contribution is 0.102. The Kier molecular flexibility index (Phi) is 3.91. The van der Waals surface area contributed by atoms with Gasteiger partial charge in [-0.25, -0.2) is 19.9 Å². The van der Waals surface area contributed by atoms with E-state index < -0.39 is 0 Å². The van der Waals surface area contributed by atoms with Gasteiger partial charge in [0, 0.05) is 11.3 Å². The maximum Gasteiger partial charge on any atom is 0.257 e. The molecule has 1 amide bonds. The van der Waals surface area contributed by atoms with E-state index in [-0.39, 0.29) is 5.91 Å². The zero-order valence-corrected chi connectivity index (χ0v) is 15.2. The molecule has 0 bridgehead atoms. The zero-order chi connectivity index (χ0) is 18.9. The molecular formula is C19H13N7OS. The van der Waals surface area contributed by atoms with Gasteiger partial charge in [-0.1, -0.05) is 29.5 Å². The number of carbonyl (C=O) groups is 1. The number of thiazole rings is 1. The van der Waals surface area contributed by atoms with Crippen LogP contribution in [0.1, 0.15) is 10.4 Å². The first-order valence-corrected chi connectivity index (χ1v) is 9.26. The second-order valence-corrected chi connectivity index (χ2v) is 7.00. The van der Waals surface area contributed by atoms with Crippen molar-refractivity contribution in [1.82, 2.24) is 24.9 Å². The summed E-state index contributed by atoms with van der Waals surface area (Å²) in [6.45, 7) is 0. The van der Waals surface area contributed by atoms with E-state index in [4.69, 9.17) is 0 Å². The van der Waals surface area contributed by atoms with Crippen molar-refractivity contribution in [2.75, 3.05) is 10.6 Å². The van der Waals surface area contributed by atoms with Crippen molar-refractivity contribution < 1.29 is 4.79 Å². The number of nitrogens with zero attached hydrogens (tertiary/aromatic N) is 4. The van der Waals surface area contributed by atoms with E-state index in [1.54, 1.807) is 18.5 Å². The van der Waals surface area contributed by atoms with E-state index in [2.05, 4.69) is 35.6 Å². The van der Waals surface area contributed by atoms with E-state index in [0.29, 0.717) is 27.7 Å². The maximum atomic E-state index is 12.3. The third-order valence-electron chi connectivity index (χ3n) is 4.12. The van der Waals surface area contributed by atoms with E-state index in [9.17, 15) is 4.79 Å². The Bertz CT molecular complexity index is 1300. The minimum absolute atomic E-state index is 0.181. The van der Waals surface area contributed by atoms with Gasteiger partial charge >= 0.3 is 0 Å². The monoisotopic (exact) mass is 387 g/mol. The molecule has 3 aromatic heterocycles. The standard InChI is InChI=1S/C19H13N7OS/c27-18(11-4-2-1-3-5-11)26-19-25-13-7-6-12(8-14(13)28-19)24-17-15-16(21-9-20-15)22-10-23-17/h1-10H,(H,25,26,27)(H2,20,21,22,23,24). The van der Waals surface area contributed by atoms with Crippen LogP contribution in [0.3, 0.4) is 0 Å². The van der Waals surface area contributed by atoms with Crippen LogP contribution in [0, 0.1) is 0 Å². The van der Waals surface area contributed by atoms with E-state index >= 15 is 0 Å². The number of benzene rings is 2. The highest BCUT2D eigenvalue weighted by Crippen LogP contribution is 2.30. The SMILES string of the molecule is O=C(Nc1nc2ccc(Nc3ncnc4[nH]cnc34)cc2s1)c1ccccc1. The van der Waals surface area contributed by atoms with Crippen molar-refractivity contribution in [3.8, 4) is 0 Å². The van der Waals surface area contributed by atoms with E-state index in [0.717, 1.165) is 15.9 Å². The zero-order valence-electron chi connectivity index (χ0n) is 14.4. The minimum Gasteiger partial charge on any atom is -0.338 e. The predicted octanol–water partition coefficient (Wildman–Crippen LogP) is 3.96. The summed E-state index contributed by atoms with van der Waals surface area (Å²) in [5.41, 5.74) is 3.59. The van der Waals surface area contributed by atoms with Crippen LogP contribution >= 0.6 is 11.3 Å². The predicted molar refractivity (Wildman–Crippen MR) is 109 cm³/mol. The molecule has 0 saturated heterocycles. The van der Waals surface area contributed by atoms with Gasteiger partial charge in [-0.3, -0.25) is 10.1 Å². The number of aromatic amines is 1. The molecule has 8 nitrogen and oxygen atoms in total. The Morgan fingerprint density at radius 3 is 2.82 bits per heavy atom. The van der Waals surface area contributed by atoms with Crippen LogP contribution in [0.5, 0.6) is 0 Å². The van der Waals surface area contributed by atoms with Crippen LogP contribution in [0.25, 0.3) is 21.4 Å². The summed E-state index contributed by atoms with van der Waals surface area (Å²) in [6, 6.07) is 14.8. The molecule has 5 rings (SSSR count). The van der Waals surface area contributed by atoms with Gasteiger partial charge in [-0.05, 0) is 30.3 Å².